The van der Waals surface area contributed by atoms with Crippen LogP contribution in [0, 0.1) is 6.92 Å². The molecule has 0 fully saturated rings. The monoisotopic (exact) mass is 412 g/mol. The molecule has 0 radical (unpaired) electrons. The van der Waals surface area contributed by atoms with E-state index in [9.17, 15) is 4.79 Å². The quantitative estimate of drug-likeness (QED) is 0.489. The average molecular weight is 413 g/mol. The number of primary amides is 1. The molecule has 0 spiro atoms. The molecule has 29 heavy (non-hydrogen) atoms. The van der Waals surface area contributed by atoms with Crippen molar-refractivity contribution in [2.75, 3.05) is 13.2 Å². The van der Waals surface area contributed by atoms with Crippen molar-refractivity contribution in [1.82, 2.24) is 14.8 Å². The molecule has 3 rings (SSSR count). The summed E-state index contributed by atoms with van der Waals surface area (Å²) in [6.07, 6.45) is 3.19. The molecule has 0 aliphatic rings. The Balaban J connectivity index is 1.96. The smallest absolute Gasteiger partial charge is 0.288 e. The molecule has 1 atom stereocenters. The van der Waals surface area contributed by atoms with Gasteiger partial charge in [0.1, 0.15) is 0 Å². The number of carbonyl (C=O) groups excluding carboxylic acids is 1. The number of aromatic nitrogens is 3. The number of ether oxygens (including phenoxy) is 1. The van der Waals surface area contributed by atoms with Gasteiger partial charge in [0.2, 0.25) is 5.82 Å². The number of aryl methyl sites for hydroxylation is 1. The van der Waals surface area contributed by atoms with Crippen molar-refractivity contribution in [2.24, 2.45) is 5.73 Å². The van der Waals surface area contributed by atoms with E-state index < -0.39 is 5.91 Å². The fourth-order valence-corrected chi connectivity index (χ4v) is 4.08. The van der Waals surface area contributed by atoms with E-state index in [0.29, 0.717) is 18.3 Å². The minimum atomic E-state index is -0.633. The average Bonchev–Trinajstić information content (AvgIpc) is 3.34. The van der Waals surface area contributed by atoms with Gasteiger partial charge < -0.3 is 10.5 Å². The van der Waals surface area contributed by atoms with Crippen LogP contribution in [0.25, 0.3) is 16.4 Å². The molecule has 2 heterocycles. The first kappa shape index (κ1) is 21.2. The van der Waals surface area contributed by atoms with Crippen LogP contribution in [0.3, 0.4) is 0 Å². The highest BCUT2D eigenvalue weighted by molar-refractivity contribution is 7.13. The number of rotatable bonds is 10. The molecule has 0 aliphatic heterocycles. The van der Waals surface area contributed by atoms with Crippen LogP contribution in [-0.2, 0) is 4.74 Å². The van der Waals surface area contributed by atoms with Crippen LogP contribution in [0.15, 0.2) is 35.7 Å². The Kier molecular flexibility index (Phi) is 7.17. The highest BCUT2D eigenvalue weighted by Crippen LogP contribution is 2.30. The lowest BCUT2D eigenvalue weighted by Gasteiger charge is -2.17. The van der Waals surface area contributed by atoms with E-state index in [0.717, 1.165) is 42.0 Å². The summed E-state index contributed by atoms with van der Waals surface area (Å²) in [5.74, 6) is 0.327. The van der Waals surface area contributed by atoms with E-state index in [1.54, 1.807) is 16.0 Å². The van der Waals surface area contributed by atoms with Crippen LogP contribution < -0.4 is 5.73 Å². The summed E-state index contributed by atoms with van der Waals surface area (Å²) < 4.78 is 7.58. The maximum atomic E-state index is 11.7. The zero-order valence-corrected chi connectivity index (χ0v) is 18.0. The first-order valence-corrected chi connectivity index (χ1v) is 10.9. The van der Waals surface area contributed by atoms with Gasteiger partial charge in [-0.1, -0.05) is 32.4 Å². The molecule has 2 N–H and O–H groups in total. The number of amides is 1. The van der Waals surface area contributed by atoms with Crippen molar-refractivity contribution in [3.8, 4) is 16.4 Å². The van der Waals surface area contributed by atoms with Crippen LogP contribution in [0.4, 0.5) is 0 Å². The third-order valence-corrected chi connectivity index (χ3v) is 5.95. The number of hydrogen-bond donors (Lipinski definition) is 1. The normalized spacial score (nSPS) is 12.2. The molecule has 2 aromatic heterocycles. The van der Waals surface area contributed by atoms with Gasteiger partial charge >= 0.3 is 0 Å². The zero-order chi connectivity index (χ0) is 20.8. The molecule has 7 heteroatoms. The fraction of sp³-hybridized carbons (Fsp3) is 0.409. The Hall–Kier alpha value is -2.51. The summed E-state index contributed by atoms with van der Waals surface area (Å²) in [4.78, 5) is 17.1. The Morgan fingerprint density at radius 3 is 2.79 bits per heavy atom. The standard InChI is InChI=1S/C22H28N4O2S/c1-4-6-11-28-14-16(5-2)17-8-7-9-18(13-17)26-22(19-15(3)10-12-29-19)24-21(25-26)20(23)27/h7-10,12-13,16H,4-6,11,14H2,1-3H3,(H2,23,27). The summed E-state index contributed by atoms with van der Waals surface area (Å²) in [7, 11) is 0. The lowest BCUT2D eigenvalue weighted by Crippen LogP contribution is -2.13. The van der Waals surface area contributed by atoms with Crippen LogP contribution in [-0.4, -0.2) is 33.9 Å². The third-order valence-electron chi connectivity index (χ3n) is 4.93. The minimum absolute atomic E-state index is 0.0214. The molecule has 1 aromatic carbocycles. The highest BCUT2D eigenvalue weighted by Gasteiger charge is 2.20. The van der Waals surface area contributed by atoms with E-state index in [4.69, 9.17) is 10.5 Å². The Morgan fingerprint density at radius 2 is 2.14 bits per heavy atom. The van der Waals surface area contributed by atoms with E-state index in [2.05, 4.69) is 36.1 Å². The minimum Gasteiger partial charge on any atom is -0.381 e. The Bertz CT molecular complexity index is 963. The number of carbonyl (C=O) groups is 1. The van der Waals surface area contributed by atoms with Crippen molar-refractivity contribution >= 4 is 17.2 Å². The number of benzene rings is 1. The van der Waals surface area contributed by atoms with Gasteiger partial charge in [0, 0.05) is 12.5 Å². The van der Waals surface area contributed by atoms with Crippen LogP contribution in [0.5, 0.6) is 0 Å². The molecule has 0 aliphatic carbocycles. The van der Waals surface area contributed by atoms with Crippen LogP contribution in [0.1, 0.15) is 60.8 Å². The summed E-state index contributed by atoms with van der Waals surface area (Å²) in [6, 6.07) is 10.2. The summed E-state index contributed by atoms with van der Waals surface area (Å²) in [5.41, 5.74) is 8.59. The van der Waals surface area contributed by atoms with E-state index >= 15 is 0 Å². The second kappa shape index (κ2) is 9.80. The van der Waals surface area contributed by atoms with E-state index in [1.807, 2.05) is 30.5 Å². The summed E-state index contributed by atoms with van der Waals surface area (Å²) in [6.45, 7) is 7.84. The second-order valence-electron chi connectivity index (χ2n) is 7.10. The predicted octanol–water partition coefficient (Wildman–Crippen LogP) is 4.71. The summed E-state index contributed by atoms with van der Waals surface area (Å²) >= 11 is 1.57. The van der Waals surface area contributed by atoms with Gasteiger partial charge in [-0.2, -0.15) is 0 Å². The molecule has 154 valence electrons. The molecule has 3 aromatic rings. The SMILES string of the molecule is CCCCOCC(CC)c1cccc(-n2nc(C(N)=O)nc2-c2sccc2C)c1. The second-order valence-corrected chi connectivity index (χ2v) is 8.01. The Labute approximate surface area is 175 Å². The van der Waals surface area contributed by atoms with Crippen molar-refractivity contribution < 1.29 is 9.53 Å². The topological polar surface area (TPSA) is 83.0 Å². The van der Waals surface area contributed by atoms with Gasteiger partial charge in [-0.3, -0.25) is 4.79 Å². The first-order chi connectivity index (χ1) is 14.0. The molecule has 1 amide bonds. The Morgan fingerprint density at radius 1 is 1.31 bits per heavy atom. The van der Waals surface area contributed by atoms with Crippen LogP contribution >= 0.6 is 11.3 Å². The maximum absolute atomic E-state index is 11.7. The predicted molar refractivity (Wildman–Crippen MR) is 117 cm³/mol. The van der Waals surface area contributed by atoms with Gasteiger partial charge in [0.25, 0.3) is 5.91 Å². The van der Waals surface area contributed by atoms with E-state index in [-0.39, 0.29) is 5.82 Å². The maximum Gasteiger partial charge on any atom is 0.288 e. The number of unbranched alkanes of at least 4 members (excludes halogenated alkanes) is 1. The molecular weight excluding hydrogens is 384 g/mol. The van der Waals surface area contributed by atoms with E-state index in [1.165, 1.54) is 5.56 Å². The van der Waals surface area contributed by atoms with Gasteiger partial charge in [0.05, 0.1) is 17.2 Å². The molecule has 0 saturated heterocycles. The molecule has 0 saturated carbocycles. The van der Waals surface area contributed by atoms with Gasteiger partial charge in [0.15, 0.2) is 5.82 Å². The van der Waals surface area contributed by atoms with Crippen molar-refractivity contribution in [3.63, 3.8) is 0 Å². The van der Waals surface area contributed by atoms with Crippen molar-refractivity contribution in [1.29, 1.82) is 0 Å². The van der Waals surface area contributed by atoms with Gasteiger partial charge in [-0.15, -0.1) is 16.4 Å². The highest BCUT2D eigenvalue weighted by atomic mass is 32.1. The number of thiophene rings is 1. The third kappa shape index (κ3) is 4.92. The summed E-state index contributed by atoms with van der Waals surface area (Å²) in [5, 5.41) is 6.40. The largest absolute Gasteiger partial charge is 0.381 e. The molecule has 1 unspecified atom stereocenters. The lowest BCUT2D eigenvalue weighted by molar-refractivity contribution is 0.0990. The van der Waals surface area contributed by atoms with Crippen molar-refractivity contribution in [2.45, 2.75) is 46.0 Å². The fourth-order valence-electron chi connectivity index (χ4n) is 3.18. The number of nitrogens with two attached hydrogens (primary N) is 1. The number of hydrogen-bond acceptors (Lipinski definition) is 5. The number of nitrogens with zero attached hydrogens (tertiary/aromatic N) is 3. The zero-order valence-electron chi connectivity index (χ0n) is 17.2. The lowest BCUT2D eigenvalue weighted by atomic mass is 9.97. The van der Waals surface area contributed by atoms with Crippen molar-refractivity contribution in [3.05, 3.63) is 52.7 Å². The molecule has 6 nitrogen and oxygen atoms in total. The van der Waals surface area contributed by atoms with Crippen LogP contribution in [0.2, 0.25) is 0 Å². The molecule has 0 bridgehead atoms. The van der Waals surface area contributed by atoms with Gasteiger partial charge in [-0.05, 0) is 54.5 Å². The molecular formula is C22H28N4O2S. The van der Waals surface area contributed by atoms with Gasteiger partial charge in [-0.25, -0.2) is 9.67 Å². The first-order valence-electron chi connectivity index (χ1n) is 10.0.